The average Bonchev–Trinajstić information content (AvgIpc) is 3.01. The summed E-state index contributed by atoms with van der Waals surface area (Å²) in [7, 11) is 0. The van der Waals surface area contributed by atoms with E-state index in [-0.39, 0.29) is 24.3 Å². The van der Waals surface area contributed by atoms with Crippen LogP contribution in [-0.4, -0.2) is 33.5 Å². The van der Waals surface area contributed by atoms with Crippen LogP contribution in [0.3, 0.4) is 0 Å². The Morgan fingerprint density at radius 3 is 2.77 bits per heavy atom. The third-order valence-corrected chi connectivity index (χ3v) is 4.14. The fourth-order valence-corrected chi connectivity index (χ4v) is 3.16. The molecule has 1 aromatic carbocycles. The topological polar surface area (TPSA) is 56.3 Å². The van der Waals surface area contributed by atoms with Gasteiger partial charge in [0.15, 0.2) is 0 Å². The molecule has 22 heavy (non-hydrogen) atoms. The maximum absolute atomic E-state index is 13.5. The average molecular weight is 302 g/mol. The highest BCUT2D eigenvalue weighted by molar-refractivity contribution is 5.94. The van der Waals surface area contributed by atoms with Crippen molar-refractivity contribution in [3.8, 4) is 0 Å². The van der Waals surface area contributed by atoms with Gasteiger partial charge in [0.05, 0.1) is 12.1 Å². The number of nitrogens with zero attached hydrogens (tertiary/aromatic N) is 1. The molecule has 0 aliphatic carbocycles. The molecule has 116 valence electrons. The molecule has 1 aliphatic heterocycles. The van der Waals surface area contributed by atoms with E-state index in [4.69, 9.17) is 0 Å². The monoisotopic (exact) mass is 302 g/mol. The Balaban J connectivity index is 1.94. The maximum atomic E-state index is 13.5. The summed E-state index contributed by atoms with van der Waals surface area (Å²) in [6.07, 6.45) is -0.165. The molecule has 1 amide bonds. The summed E-state index contributed by atoms with van der Waals surface area (Å²) in [5, 5.41) is 9.97. The molecule has 0 unspecified atom stereocenters. The van der Waals surface area contributed by atoms with Crippen LogP contribution in [-0.2, 0) is 0 Å². The molecular formula is C17H19FN2O2. The van der Waals surface area contributed by atoms with Gasteiger partial charge in [0.25, 0.3) is 5.91 Å². The number of hydrogen-bond acceptors (Lipinski definition) is 2. The number of carbonyl (C=O) groups excluding carboxylic acids is 1. The van der Waals surface area contributed by atoms with Crippen molar-refractivity contribution < 1.29 is 14.3 Å². The lowest BCUT2D eigenvalue weighted by molar-refractivity contribution is 0.0709. The number of H-pyrrole nitrogens is 1. The van der Waals surface area contributed by atoms with Crippen LogP contribution < -0.4 is 0 Å². The molecule has 3 rings (SSSR count). The first kappa shape index (κ1) is 14.8. The molecule has 1 aromatic heterocycles. The second-order valence-corrected chi connectivity index (χ2v) is 5.93. The van der Waals surface area contributed by atoms with E-state index in [1.807, 2.05) is 19.9 Å². The van der Waals surface area contributed by atoms with E-state index in [0.29, 0.717) is 17.7 Å². The van der Waals surface area contributed by atoms with Gasteiger partial charge in [-0.25, -0.2) is 4.39 Å². The maximum Gasteiger partial charge on any atom is 0.271 e. The highest BCUT2D eigenvalue weighted by atomic mass is 19.1. The Hall–Kier alpha value is -2.14. The van der Waals surface area contributed by atoms with E-state index in [1.165, 1.54) is 12.1 Å². The van der Waals surface area contributed by atoms with E-state index in [1.54, 1.807) is 17.0 Å². The summed E-state index contributed by atoms with van der Waals surface area (Å²) >= 11 is 0. The Morgan fingerprint density at radius 1 is 1.36 bits per heavy atom. The number of hydrogen-bond donors (Lipinski definition) is 2. The van der Waals surface area contributed by atoms with Gasteiger partial charge in [0.2, 0.25) is 0 Å². The fraction of sp³-hybridized carbons (Fsp3) is 0.353. The third-order valence-electron chi connectivity index (χ3n) is 4.14. The van der Waals surface area contributed by atoms with Crippen molar-refractivity contribution in [3.05, 3.63) is 58.7 Å². The molecule has 5 heteroatoms. The molecule has 0 spiro atoms. The van der Waals surface area contributed by atoms with Gasteiger partial charge in [-0.2, -0.15) is 0 Å². The van der Waals surface area contributed by atoms with E-state index in [9.17, 15) is 14.3 Å². The number of aromatic nitrogens is 1. The summed E-state index contributed by atoms with van der Waals surface area (Å²) in [4.78, 5) is 17.5. The van der Waals surface area contributed by atoms with Crippen LogP contribution in [0.1, 0.15) is 39.8 Å². The number of aryl methyl sites for hydroxylation is 2. The lowest BCUT2D eigenvalue weighted by Gasteiger charge is -2.24. The normalized spacial score (nSPS) is 21.4. The van der Waals surface area contributed by atoms with E-state index < -0.39 is 6.10 Å². The van der Waals surface area contributed by atoms with Gasteiger partial charge in [0, 0.05) is 12.2 Å². The van der Waals surface area contributed by atoms with Gasteiger partial charge in [-0.1, -0.05) is 12.1 Å². The largest absolute Gasteiger partial charge is 0.391 e. The number of aliphatic hydroxyl groups is 1. The quantitative estimate of drug-likeness (QED) is 0.896. The predicted molar refractivity (Wildman–Crippen MR) is 81.1 cm³/mol. The summed E-state index contributed by atoms with van der Waals surface area (Å²) in [6.45, 7) is 4.03. The molecule has 4 nitrogen and oxygen atoms in total. The zero-order chi connectivity index (χ0) is 15.9. The minimum absolute atomic E-state index is 0.156. The molecule has 2 heterocycles. The molecule has 1 saturated heterocycles. The summed E-state index contributed by atoms with van der Waals surface area (Å²) in [5.74, 6) is -0.491. The van der Waals surface area contributed by atoms with Gasteiger partial charge in [-0.15, -0.1) is 0 Å². The molecule has 2 N–H and O–H groups in total. The van der Waals surface area contributed by atoms with Gasteiger partial charge in [-0.3, -0.25) is 4.79 Å². The number of likely N-dealkylation sites (tertiary alicyclic amines) is 1. The lowest BCUT2D eigenvalue weighted by Crippen LogP contribution is -2.32. The second kappa shape index (κ2) is 5.57. The van der Waals surface area contributed by atoms with Crippen LogP contribution in [0.2, 0.25) is 0 Å². The van der Waals surface area contributed by atoms with Crippen molar-refractivity contribution in [1.29, 1.82) is 0 Å². The summed E-state index contributed by atoms with van der Waals surface area (Å²) in [6, 6.07) is 7.83. The molecule has 2 atom stereocenters. The fourth-order valence-electron chi connectivity index (χ4n) is 3.16. The Labute approximate surface area is 128 Å². The number of nitrogens with one attached hydrogen (secondary N) is 1. The summed E-state index contributed by atoms with van der Waals surface area (Å²) < 4.78 is 13.5. The van der Waals surface area contributed by atoms with Gasteiger partial charge >= 0.3 is 0 Å². The molecule has 0 bridgehead atoms. The number of amides is 1. The second-order valence-electron chi connectivity index (χ2n) is 5.93. The van der Waals surface area contributed by atoms with Crippen molar-refractivity contribution in [2.45, 2.75) is 32.4 Å². The first-order valence-electron chi connectivity index (χ1n) is 7.36. The lowest BCUT2D eigenvalue weighted by atomic mass is 10.0. The van der Waals surface area contributed by atoms with Gasteiger partial charge in [-0.05, 0) is 49.6 Å². The van der Waals surface area contributed by atoms with Crippen LogP contribution in [0, 0.1) is 19.7 Å². The minimum Gasteiger partial charge on any atom is -0.391 e. The van der Waals surface area contributed by atoms with Gasteiger partial charge < -0.3 is 15.0 Å². The van der Waals surface area contributed by atoms with Crippen molar-refractivity contribution in [3.63, 3.8) is 0 Å². The smallest absolute Gasteiger partial charge is 0.271 e. The predicted octanol–water partition coefficient (Wildman–Crippen LogP) is 2.72. The Kier molecular flexibility index (Phi) is 3.74. The van der Waals surface area contributed by atoms with E-state index in [0.717, 1.165) is 11.3 Å². The number of aliphatic hydroxyl groups excluding tert-OH is 1. The van der Waals surface area contributed by atoms with Crippen molar-refractivity contribution >= 4 is 5.91 Å². The minimum atomic E-state index is -0.589. The molecule has 0 radical (unpaired) electrons. The number of halogens is 1. The Bertz CT molecular complexity index is 710. The van der Waals surface area contributed by atoms with Crippen LogP contribution >= 0.6 is 0 Å². The molecule has 0 saturated carbocycles. The molecule has 2 aromatic rings. The molecule has 1 fully saturated rings. The summed E-state index contributed by atoms with van der Waals surface area (Å²) in [5.41, 5.74) is 3.05. The highest BCUT2D eigenvalue weighted by Gasteiger charge is 2.36. The number of rotatable bonds is 2. The van der Waals surface area contributed by atoms with Crippen LogP contribution in [0.5, 0.6) is 0 Å². The number of aromatic amines is 1. The van der Waals surface area contributed by atoms with Crippen molar-refractivity contribution in [1.82, 2.24) is 9.88 Å². The van der Waals surface area contributed by atoms with Crippen LogP contribution in [0.4, 0.5) is 4.39 Å². The highest BCUT2D eigenvalue weighted by Crippen LogP contribution is 2.34. The first-order valence-corrected chi connectivity index (χ1v) is 7.36. The van der Waals surface area contributed by atoms with Crippen molar-refractivity contribution in [2.75, 3.05) is 6.54 Å². The van der Waals surface area contributed by atoms with Crippen LogP contribution in [0.15, 0.2) is 30.3 Å². The van der Waals surface area contributed by atoms with E-state index in [2.05, 4.69) is 4.98 Å². The SMILES string of the molecule is Cc1cc(C)c(C(=O)N2C[C@H](O)C[C@H]2c2cccc(F)c2)[nH]1. The zero-order valence-corrected chi connectivity index (χ0v) is 12.6. The van der Waals surface area contributed by atoms with E-state index >= 15 is 0 Å². The zero-order valence-electron chi connectivity index (χ0n) is 12.6. The number of benzene rings is 1. The van der Waals surface area contributed by atoms with Crippen molar-refractivity contribution in [2.24, 2.45) is 0 Å². The van der Waals surface area contributed by atoms with Crippen LogP contribution in [0.25, 0.3) is 0 Å². The number of β-amino-alcohol motifs (C(OH)–C–C–N with tert-alkyl or cyclic N) is 1. The standard InChI is InChI=1S/C17H19FN2O2/c1-10-6-11(2)19-16(10)17(22)20-9-14(21)8-15(20)12-4-3-5-13(18)7-12/h3-7,14-15,19,21H,8-9H2,1-2H3/t14-,15+/m1/s1. The third kappa shape index (κ3) is 2.64. The molecular weight excluding hydrogens is 283 g/mol. The van der Waals surface area contributed by atoms with Gasteiger partial charge in [0.1, 0.15) is 11.5 Å². The molecule has 1 aliphatic rings. The number of carbonyl (C=O) groups is 1. The Morgan fingerprint density at radius 2 is 2.14 bits per heavy atom. The first-order chi connectivity index (χ1) is 10.5.